The minimum atomic E-state index is 0.956. The Balaban J connectivity index is 1.82. The molecule has 4 rings (SSSR count). The van der Waals surface area contributed by atoms with Crippen molar-refractivity contribution >= 4 is 11.3 Å². The van der Waals surface area contributed by atoms with Gasteiger partial charge >= 0.3 is 0 Å². The molecule has 0 spiro atoms. The second-order valence-corrected chi connectivity index (χ2v) is 6.41. The van der Waals surface area contributed by atoms with Gasteiger partial charge in [-0.1, -0.05) is 30.3 Å². The first kappa shape index (κ1) is 12.7. The first-order valence-corrected chi connectivity index (χ1v) is 8.02. The van der Waals surface area contributed by atoms with Crippen molar-refractivity contribution in [2.75, 3.05) is 7.11 Å². The van der Waals surface area contributed by atoms with Crippen molar-refractivity contribution in [3.8, 4) is 26.6 Å². The van der Waals surface area contributed by atoms with Gasteiger partial charge in [-0.2, -0.15) is 0 Å². The summed E-state index contributed by atoms with van der Waals surface area (Å²) in [5.41, 5.74) is 5.58. The lowest BCUT2D eigenvalue weighted by atomic mass is 9.91. The van der Waals surface area contributed by atoms with Gasteiger partial charge in [0.1, 0.15) is 5.75 Å². The van der Waals surface area contributed by atoms with E-state index in [0.29, 0.717) is 0 Å². The number of thiophene rings is 1. The summed E-state index contributed by atoms with van der Waals surface area (Å²) < 4.78 is 5.35. The SMILES string of the molecule is COc1ccc2c(c1)CCc1cc(-c3ccccc3)sc1-2. The lowest BCUT2D eigenvalue weighted by Gasteiger charge is -2.16. The van der Waals surface area contributed by atoms with E-state index in [1.807, 2.05) is 11.3 Å². The molecule has 104 valence electrons. The predicted molar refractivity (Wildman–Crippen MR) is 89.2 cm³/mol. The summed E-state index contributed by atoms with van der Waals surface area (Å²) in [4.78, 5) is 2.79. The van der Waals surface area contributed by atoms with E-state index in [2.05, 4.69) is 54.6 Å². The van der Waals surface area contributed by atoms with Crippen LogP contribution in [-0.4, -0.2) is 7.11 Å². The Morgan fingerprint density at radius 1 is 0.905 bits per heavy atom. The molecule has 3 aromatic rings. The van der Waals surface area contributed by atoms with Crippen molar-refractivity contribution in [3.05, 3.63) is 65.7 Å². The minimum Gasteiger partial charge on any atom is -0.497 e. The van der Waals surface area contributed by atoms with Crippen LogP contribution in [0.2, 0.25) is 0 Å². The van der Waals surface area contributed by atoms with E-state index in [0.717, 1.165) is 18.6 Å². The molecular weight excluding hydrogens is 276 g/mol. The minimum absolute atomic E-state index is 0.956. The summed E-state index contributed by atoms with van der Waals surface area (Å²) in [6, 6.07) is 19.5. The number of ether oxygens (including phenoxy) is 1. The topological polar surface area (TPSA) is 9.23 Å². The molecule has 2 heteroatoms. The molecule has 1 aliphatic carbocycles. The summed E-state index contributed by atoms with van der Waals surface area (Å²) in [7, 11) is 1.73. The summed E-state index contributed by atoms with van der Waals surface area (Å²) in [5, 5.41) is 0. The Bertz CT molecular complexity index is 787. The standard InChI is InChI=1S/C19H16OS/c1-20-16-9-10-17-14(11-16)7-8-15-12-18(21-19(15)17)13-5-3-2-4-6-13/h2-6,9-12H,7-8H2,1H3. The molecule has 0 N–H and O–H groups in total. The van der Waals surface area contributed by atoms with Crippen LogP contribution in [-0.2, 0) is 12.8 Å². The highest BCUT2D eigenvalue weighted by Crippen LogP contribution is 2.43. The maximum absolute atomic E-state index is 5.35. The highest BCUT2D eigenvalue weighted by atomic mass is 32.1. The molecule has 0 atom stereocenters. The molecule has 1 nitrogen and oxygen atoms in total. The van der Waals surface area contributed by atoms with Crippen LogP contribution in [0.3, 0.4) is 0 Å². The molecule has 1 aliphatic rings. The first-order valence-electron chi connectivity index (χ1n) is 7.20. The van der Waals surface area contributed by atoms with Crippen LogP contribution in [0.25, 0.3) is 20.9 Å². The molecule has 1 aromatic heterocycles. The molecule has 21 heavy (non-hydrogen) atoms. The van der Waals surface area contributed by atoms with Crippen molar-refractivity contribution in [2.24, 2.45) is 0 Å². The second-order valence-electron chi connectivity index (χ2n) is 5.35. The van der Waals surface area contributed by atoms with Crippen molar-refractivity contribution in [1.82, 2.24) is 0 Å². The van der Waals surface area contributed by atoms with Gasteiger partial charge in [-0.25, -0.2) is 0 Å². The van der Waals surface area contributed by atoms with E-state index < -0.39 is 0 Å². The normalized spacial score (nSPS) is 12.6. The Labute approximate surface area is 128 Å². The average molecular weight is 292 g/mol. The largest absolute Gasteiger partial charge is 0.497 e. The van der Waals surface area contributed by atoms with Crippen LogP contribution in [0.1, 0.15) is 11.1 Å². The molecule has 0 unspecified atom stereocenters. The fourth-order valence-corrected chi connectivity index (χ4v) is 4.26. The summed E-state index contributed by atoms with van der Waals surface area (Å²) in [6.45, 7) is 0. The van der Waals surface area contributed by atoms with Gasteiger partial charge in [-0.05, 0) is 59.4 Å². The van der Waals surface area contributed by atoms with Crippen LogP contribution in [0.5, 0.6) is 5.75 Å². The van der Waals surface area contributed by atoms with Gasteiger partial charge < -0.3 is 4.74 Å². The van der Waals surface area contributed by atoms with E-state index in [9.17, 15) is 0 Å². The Morgan fingerprint density at radius 3 is 2.52 bits per heavy atom. The third-order valence-corrected chi connectivity index (χ3v) is 5.35. The number of methoxy groups -OCH3 is 1. The lowest BCUT2D eigenvalue weighted by Crippen LogP contribution is -2.01. The van der Waals surface area contributed by atoms with E-state index in [4.69, 9.17) is 4.74 Å². The summed E-state index contributed by atoms with van der Waals surface area (Å²) >= 11 is 1.90. The second kappa shape index (κ2) is 5.05. The lowest BCUT2D eigenvalue weighted by molar-refractivity contribution is 0.414. The van der Waals surface area contributed by atoms with E-state index >= 15 is 0 Å². The van der Waals surface area contributed by atoms with Crippen molar-refractivity contribution in [3.63, 3.8) is 0 Å². The van der Waals surface area contributed by atoms with Crippen molar-refractivity contribution < 1.29 is 4.74 Å². The van der Waals surface area contributed by atoms with Crippen molar-refractivity contribution in [2.45, 2.75) is 12.8 Å². The number of rotatable bonds is 2. The number of hydrogen-bond donors (Lipinski definition) is 0. The Hall–Kier alpha value is -2.06. The summed E-state index contributed by atoms with van der Waals surface area (Å²) in [5.74, 6) is 0.956. The molecule has 1 heterocycles. The van der Waals surface area contributed by atoms with Gasteiger partial charge in [-0.15, -0.1) is 11.3 Å². The number of fused-ring (bicyclic) bond motifs is 3. The average Bonchev–Trinajstić information content (AvgIpc) is 2.99. The third kappa shape index (κ3) is 2.16. The number of benzene rings is 2. The maximum atomic E-state index is 5.35. The van der Waals surface area contributed by atoms with Gasteiger partial charge in [-0.3, -0.25) is 0 Å². The van der Waals surface area contributed by atoms with E-state index in [1.54, 1.807) is 7.11 Å². The predicted octanol–water partition coefficient (Wildman–Crippen LogP) is 5.19. The number of aryl methyl sites for hydroxylation is 2. The molecule has 0 bridgehead atoms. The van der Waals surface area contributed by atoms with Gasteiger partial charge in [0.2, 0.25) is 0 Å². The zero-order valence-electron chi connectivity index (χ0n) is 11.9. The Kier molecular flexibility index (Phi) is 3.04. The van der Waals surface area contributed by atoms with Crippen LogP contribution in [0, 0.1) is 0 Å². The quantitative estimate of drug-likeness (QED) is 0.631. The highest BCUT2D eigenvalue weighted by molar-refractivity contribution is 7.19. The van der Waals surface area contributed by atoms with E-state index in [1.165, 1.54) is 32.0 Å². The van der Waals surface area contributed by atoms with Crippen LogP contribution >= 0.6 is 11.3 Å². The van der Waals surface area contributed by atoms with Crippen LogP contribution < -0.4 is 4.74 Å². The smallest absolute Gasteiger partial charge is 0.119 e. The van der Waals surface area contributed by atoms with Gasteiger partial charge in [0.15, 0.2) is 0 Å². The molecule has 0 amide bonds. The van der Waals surface area contributed by atoms with Crippen LogP contribution in [0.4, 0.5) is 0 Å². The summed E-state index contributed by atoms with van der Waals surface area (Å²) in [6.07, 6.45) is 2.23. The molecule has 0 saturated carbocycles. The molecular formula is C19H16OS. The zero-order chi connectivity index (χ0) is 14.2. The van der Waals surface area contributed by atoms with Gasteiger partial charge in [0, 0.05) is 9.75 Å². The highest BCUT2D eigenvalue weighted by Gasteiger charge is 2.20. The fourth-order valence-electron chi connectivity index (χ4n) is 2.98. The molecule has 0 aliphatic heterocycles. The fraction of sp³-hybridized carbons (Fsp3) is 0.158. The zero-order valence-corrected chi connectivity index (χ0v) is 12.7. The first-order chi connectivity index (χ1) is 10.3. The van der Waals surface area contributed by atoms with Gasteiger partial charge in [0.25, 0.3) is 0 Å². The molecule has 2 aromatic carbocycles. The van der Waals surface area contributed by atoms with E-state index in [-0.39, 0.29) is 0 Å². The molecule has 0 saturated heterocycles. The van der Waals surface area contributed by atoms with Crippen LogP contribution in [0.15, 0.2) is 54.6 Å². The van der Waals surface area contributed by atoms with Gasteiger partial charge in [0.05, 0.1) is 7.11 Å². The number of hydrogen-bond acceptors (Lipinski definition) is 2. The Morgan fingerprint density at radius 2 is 1.71 bits per heavy atom. The molecule has 0 fully saturated rings. The third-order valence-electron chi connectivity index (χ3n) is 4.09. The maximum Gasteiger partial charge on any atom is 0.119 e. The van der Waals surface area contributed by atoms with Crippen molar-refractivity contribution in [1.29, 1.82) is 0 Å². The molecule has 0 radical (unpaired) electrons. The monoisotopic (exact) mass is 292 g/mol.